The molecule has 0 saturated carbocycles. The Labute approximate surface area is 120 Å². The summed E-state index contributed by atoms with van der Waals surface area (Å²) in [5, 5.41) is 0.740. The summed E-state index contributed by atoms with van der Waals surface area (Å²) in [6.45, 7) is 7.83. The van der Waals surface area contributed by atoms with Crippen molar-refractivity contribution < 1.29 is 9.53 Å². The second-order valence-electron chi connectivity index (χ2n) is 4.86. The van der Waals surface area contributed by atoms with Crippen LogP contribution in [0.1, 0.15) is 32.3 Å². The minimum absolute atomic E-state index is 0.308. The van der Waals surface area contributed by atoms with E-state index in [2.05, 4.69) is 13.5 Å². The Morgan fingerprint density at radius 1 is 1.37 bits per heavy atom. The van der Waals surface area contributed by atoms with Crippen molar-refractivity contribution in [1.29, 1.82) is 0 Å². The average Bonchev–Trinajstić information content (AvgIpc) is 2.38. The predicted octanol–water partition coefficient (Wildman–Crippen LogP) is 4.42. The third-order valence-corrected chi connectivity index (χ3v) is 3.19. The van der Waals surface area contributed by atoms with E-state index in [0.717, 1.165) is 24.3 Å². The lowest BCUT2D eigenvalue weighted by Crippen LogP contribution is -2.16. The molecule has 19 heavy (non-hydrogen) atoms. The van der Waals surface area contributed by atoms with Gasteiger partial charge in [-0.2, -0.15) is 0 Å². The lowest BCUT2D eigenvalue weighted by Gasteiger charge is -2.16. The molecule has 0 aliphatic rings. The molecule has 1 aromatic carbocycles. The van der Waals surface area contributed by atoms with Crippen molar-refractivity contribution in [3.63, 3.8) is 0 Å². The number of hydrogen-bond acceptors (Lipinski definition) is 2. The van der Waals surface area contributed by atoms with Crippen molar-refractivity contribution in [2.24, 2.45) is 5.92 Å². The number of benzene rings is 1. The highest BCUT2D eigenvalue weighted by Crippen LogP contribution is 2.17. The number of carbonyl (C=O) groups is 1. The van der Waals surface area contributed by atoms with E-state index in [9.17, 15) is 4.79 Å². The molecular formula is C16H21ClO2. The summed E-state index contributed by atoms with van der Waals surface area (Å²) >= 11 is 5.87. The van der Waals surface area contributed by atoms with Crippen LogP contribution in [0, 0.1) is 5.92 Å². The van der Waals surface area contributed by atoms with Gasteiger partial charge in [-0.15, -0.1) is 0 Å². The highest BCUT2D eigenvalue weighted by atomic mass is 35.5. The molecular weight excluding hydrogens is 260 g/mol. The zero-order valence-corrected chi connectivity index (χ0v) is 12.4. The minimum Gasteiger partial charge on any atom is -0.462 e. The van der Waals surface area contributed by atoms with Crippen LogP contribution in [0.15, 0.2) is 36.4 Å². The molecule has 0 spiro atoms. The van der Waals surface area contributed by atoms with Crippen LogP contribution in [-0.2, 0) is 16.0 Å². The molecule has 0 radical (unpaired) electrons. The summed E-state index contributed by atoms with van der Waals surface area (Å²) in [6.07, 6.45) is 3.00. The van der Waals surface area contributed by atoms with E-state index in [-0.39, 0.29) is 5.97 Å². The molecule has 1 rings (SSSR count). The van der Waals surface area contributed by atoms with Crippen molar-refractivity contribution in [3.05, 3.63) is 47.0 Å². The van der Waals surface area contributed by atoms with Crippen molar-refractivity contribution in [2.75, 3.05) is 6.61 Å². The Kier molecular flexibility index (Phi) is 6.65. The fourth-order valence-electron chi connectivity index (χ4n) is 1.92. The van der Waals surface area contributed by atoms with Gasteiger partial charge in [-0.3, -0.25) is 0 Å². The predicted molar refractivity (Wildman–Crippen MR) is 79.3 cm³/mol. The first kappa shape index (κ1) is 15.8. The Morgan fingerprint density at radius 3 is 2.53 bits per heavy atom. The molecule has 104 valence electrons. The van der Waals surface area contributed by atoms with Crippen LogP contribution in [0.3, 0.4) is 0 Å². The maximum Gasteiger partial charge on any atom is 0.333 e. The van der Waals surface area contributed by atoms with E-state index in [1.807, 2.05) is 24.3 Å². The number of hydrogen-bond donors (Lipinski definition) is 0. The van der Waals surface area contributed by atoms with E-state index in [0.29, 0.717) is 18.1 Å². The number of rotatable bonds is 7. The Hall–Kier alpha value is -1.28. The van der Waals surface area contributed by atoms with Gasteiger partial charge in [-0.05, 0) is 43.4 Å². The molecule has 3 heteroatoms. The molecule has 1 unspecified atom stereocenters. The van der Waals surface area contributed by atoms with Gasteiger partial charge >= 0.3 is 5.97 Å². The SMILES string of the molecule is C=C(C)C(=O)OCC(CCC)Cc1ccc(Cl)cc1. The normalized spacial score (nSPS) is 11.9. The standard InChI is InChI=1S/C16H21ClO2/c1-4-5-14(11-19-16(18)12(2)3)10-13-6-8-15(17)9-7-13/h6-9,14H,2,4-5,10-11H2,1,3H3. The molecule has 0 aliphatic heterocycles. The van der Waals surface area contributed by atoms with Crippen LogP contribution in [0.4, 0.5) is 0 Å². The van der Waals surface area contributed by atoms with Crippen LogP contribution in [0.2, 0.25) is 5.02 Å². The van der Waals surface area contributed by atoms with Crippen molar-refractivity contribution in [1.82, 2.24) is 0 Å². The van der Waals surface area contributed by atoms with Gasteiger partial charge in [-0.25, -0.2) is 4.79 Å². The second-order valence-corrected chi connectivity index (χ2v) is 5.30. The van der Waals surface area contributed by atoms with Gasteiger partial charge in [0, 0.05) is 10.6 Å². The highest BCUT2D eigenvalue weighted by molar-refractivity contribution is 6.30. The molecule has 2 nitrogen and oxygen atoms in total. The Morgan fingerprint density at radius 2 is 2.00 bits per heavy atom. The lowest BCUT2D eigenvalue weighted by molar-refractivity contribution is -0.140. The van der Waals surface area contributed by atoms with Crippen LogP contribution >= 0.6 is 11.6 Å². The first-order valence-electron chi connectivity index (χ1n) is 6.60. The highest BCUT2D eigenvalue weighted by Gasteiger charge is 2.12. The van der Waals surface area contributed by atoms with Crippen molar-refractivity contribution in [3.8, 4) is 0 Å². The largest absolute Gasteiger partial charge is 0.462 e. The van der Waals surface area contributed by atoms with Gasteiger partial charge in [-0.1, -0.05) is 43.7 Å². The fourth-order valence-corrected chi connectivity index (χ4v) is 2.05. The first-order valence-corrected chi connectivity index (χ1v) is 6.97. The molecule has 0 aromatic heterocycles. The molecule has 0 fully saturated rings. The molecule has 0 heterocycles. The number of ether oxygens (including phenoxy) is 1. The van der Waals surface area contributed by atoms with Gasteiger partial charge < -0.3 is 4.74 Å². The molecule has 0 aliphatic carbocycles. The van der Waals surface area contributed by atoms with Crippen molar-refractivity contribution >= 4 is 17.6 Å². The van der Waals surface area contributed by atoms with Crippen LogP contribution in [-0.4, -0.2) is 12.6 Å². The maximum atomic E-state index is 11.4. The number of halogens is 1. The van der Waals surface area contributed by atoms with E-state index in [1.54, 1.807) is 6.92 Å². The van der Waals surface area contributed by atoms with Crippen LogP contribution < -0.4 is 0 Å². The van der Waals surface area contributed by atoms with Crippen molar-refractivity contribution in [2.45, 2.75) is 33.1 Å². The van der Waals surface area contributed by atoms with E-state index < -0.39 is 0 Å². The maximum absolute atomic E-state index is 11.4. The zero-order chi connectivity index (χ0) is 14.3. The molecule has 0 bridgehead atoms. The summed E-state index contributed by atoms with van der Waals surface area (Å²) in [5.74, 6) is 0.0340. The summed E-state index contributed by atoms with van der Waals surface area (Å²) in [6, 6.07) is 7.82. The second kappa shape index (κ2) is 8.00. The summed E-state index contributed by atoms with van der Waals surface area (Å²) in [5.41, 5.74) is 1.66. The van der Waals surface area contributed by atoms with Gasteiger partial charge in [0.15, 0.2) is 0 Å². The Balaban J connectivity index is 2.54. The topological polar surface area (TPSA) is 26.3 Å². The molecule has 1 atom stereocenters. The smallest absolute Gasteiger partial charge is 0.333 e. The van der Waals surface area contributed by atoms with Crippen LogP contribution in [0.5, 0.6) is 0 Å². The quantitative estimate of drug-likeness (QED) is 0.546. The monoisotopic (exact) mass is 280 g/mol. The molecule has 1 aromatic rings. The molecule has 0 amide bonds. The number of esters is 1. The third kappa shape index (κ3) is 5.93. The average molecular weight is 281 g/mol. The first-order chi connectivity index (χ1) is 9.02. The van der Waals surface area contributed by atoms with E-state index in [4.69, 9.17) is 16.3 Å². The van der Waals surface area contributed by atoms with Gasteiger partial charge in [0.25, 0.3) is 0 Å². The molecule has 0 N–H and O–H groups in total. The summed E-state index contributed by atoms with van der Waals surface area (Å²) in [7, 11) is 0. The fraction of sp³-hybridized carbons (Fsp3) is 0.438. The minimum atomic E-state index is -0.308. The van der Waals surface area contributed by atoms with E-state index in [1.165, 1.54) is 5.56 Å². The van der Waals surface area contributed by atoms with Gasteiger partial charge in [0.05, 0.1) is 6.61 Å². The van der Waals surface area contributed by atoms with E-state index >= 15 is 0 Å². The van der Waals surface area contributed by atoms with Crippen LogP contribution in [0.25, 0.3) is 0 Å². The molecule has 0 saturated heterocycles. The Bertz CT molecular complexity index is 423. The summed E-state index contributed by atoms with van der Waals surface area (Å²) in [4.78, 5) is 11.4. The zero-order valence-electron chi connectivity index (χ0n) is 11.6. The third-order valence-electron chi connectivity index (χ3n) is 2.93. The van der Waals surface area contributed by atoms with Gasteiger partial charge in [0.2, 0.25) is 0 Å². The number of carbonyl (C=O) groups excluding carboxylic acids is 1. The lowest BCUT2D eigenvalue weighted by atomic mass is 9.96. The van der Waals surface area contributed by atoms with Gasteiger partial charge in [0.1, 0.15) is 0 Å². The summed E-state index contributed by atoms with van der Waals surface area (Å²) < 4.78 is 5.25.